The molecule has 9 nitrogen and oxygen atoms in total. The zero-order valence-electron chi connectivity index (χ0n) is 20.7. The molecule has 0 radical (unpaired) electrons. The molecule has 0 unspecified atom stereocenters. The lowest BCUT2D eigenvalue weighted by molar-refractivity contribution is -0.147. The van der Waals surface area contributed by atoms with E-state index in [4.69, 9.17) is 21.9 Å². The molecule has 0 aliphatic carbocycles. The van der Waals surface area contributed by atoms with Gasteiger partial charge in [-0.15, -0.1) is 0 Å². The smallest absolute Gasteiger partial charge is 0.328 e. The fourth-order valence-electron chi connectivity index (χ4n) is 3.40. The summed E-state index contributed by atoms with van der Waals surface area (Å²) in [6.45, 7) is 2.06. The zero-order valence-corrected chi connectivity index (χ0v) is 20.7. The van der Waals surface area contributed by atoms with Gasteiger partial charge in [-0.2, -0.15) is 0 Å². The van der Waals surface area contributed by atoms with Crippen LogP contribution in [0.2, 0.25) is 0 Å². The Kier molecular flexibility index (Phi) is 12.2. The van der Waals surface area contributed by atoms with E-state index in [0.29, 0.717) is 31.5 Å². The van der Waals surface area contributed by atoms with E-state index in [2.05, 4.69) is 10.6 Å². The van der Waals surface area contributed by atoms with E-state index in [1.807, 2.05) is 48.5 Å². The molecule has 3 atom stereocenters. The summed E-state index contributed by atoms with van der Waals surface area (Å²) in [7, 11) is 0. The highest BCUT2D eigenvalue weighted by Crippen LogP contribution is 2.09. The standard InChI is InChI=1S/C27H37N5O4/c1-19(29)25(33)32-24(18-21-8-3-2-4-9-21)26(34)31-23(11-5-6-16-28)27(35)36-17-7-10-20-12-14-22(30)15-13-20/h2-4,7-10,12-15,19,23-24H,5-6,11,16-18,28-30H2,1H3,(H,31,34)(H,32,33)/t19-,23+,24+/m1/s1. The van der Waals surface area contributed by atoms with Crippen LogP contribution >= 0.6 is 0 Å². The van der Waals surface area contributed by atoms with Crippen molar-refractivity contribution < 1.29 is 19.1 Å². The number of nitrogens with one attached hydrogen (secondary N) is 2. The predicted octanol–water partition coefficient (Wildman–Crippen LogP) is 1.51. The van der Waals surface area contributed by atoms with E-state index in [9.17, 15) is 14.4 Å². The molecule has 0 saturated heterocycles. The van der Waals surface area contributed by atoms with Crippen LogP contribution in [0.5, 0.6) is 0 Å². The van der Waals surface area contributed by atoms with Crippen molar-refractivity contribution in [1.29, 1.82) is 0 Å². The molecule has 2 rings (SSSR count). The Hall–Kier alpha value is -3.69. The summed E-state index contributed by atoms with van der Waals surface area (Å²) in [6, 6.07) is 14.0. The van der Waals surface area contributed by atoms with E-state index in [1.165, 1.54) is 6.92 Å². The number of amides is 2. The van der Waals surface area contributed by atoms with Crippen LogP contribution in [0.25, 0.3) is 6.08 Å². The van der Waals surface area contributed by atoms with Crippen LogP contribution in [0, 0.1) is 0 Å². The van der Waals surface area contributed by atoms with Crippen molar-refractivity contribution in [2.24, 2.45) is 11.5 Å². The van der Waals surface area contributed by atoms with Crippen molar-refractivity contribution in [1.82, 2.24) is 10.6 Å². The van der Waals surface area contributed by atoms with Gasteiger partial charge in [-0.1, -0.05) is 48.5 Å². The Labute approximate surface area is 212 Å². The maximum Gasteiger partial charge on any atom is 0.328 e. The van der Waals surface area contributed by atoms with E-state index in [1.54, 1.807) is 18.2 Å². The molecule has 0 aliphatic heterocycles. The topological polar surface area (TPSA) is 163 Å². The van der Waals surface area contributed by atoms with Gasteiger partial charge in [-0.25, -0.2) is 4.79 Å². The Morgan fingerprint density at radius 1 is 0.944 bits per heavy atom. The van der Waals surface area contributed by atoms with Crippen molar-refractivity contribution in [3.8, 4) is 0 Å². The van der Waals surface area contributed by atoms with Crippen LogP contribution in [0.3, 0.4) is 0 Å². The number of ether oxygens (including phenoxy) is 1. The molecule has 0 bridgehead atoms. The number of hydrogen-bond acceptors (Lipinski definition) is 7. The molecule has 9 heteroatoms. The number of hydrogen-bond donors (Lipinski definition) is 5. The molecule has 0 aliphatic rings. The third-order valence-corrected chi connectivity index (χ3v) is 5.45. The summed E-state index contributed by atoms with van der Waals surface area (Å²) in [5.41, 5.74) is 19.4. The van der Waals surface area contributed by atoms with Crippen molar-refractivity contribution in [3.05, 3.63) is 71.8 Å². The molecule has 194 valence electrons. The molecule has 2 amide bonds. The number of nitrogen functional groups attached to an aromatic ring is 1. The second kappa shape index (κ2) is 15.3. The second-order valence-electron chi connectivity index (χ2n) is 8.58. The molecule has 2 aromatic carbocycles. The van der Waals surface area contributed by atoms with E-state index >= 15 is 0 Å². The first kappa shape index (κ1) is 28.5. The van der Waals surface area contributed by atoms with Gasteiger partial charge in [0.25, 0.3) is 0 Å². The van der Waals surface area contributed by atoms with Crippen molar-refractivity contribution in [2.75, 3.05) is 18.9 Å². The number of anilines is 1. The number of nitrogens with two attached hydrogens (primary N) is 3. The largest absolute Gasteiger partial charge is 0.460 e. The molecule has 0 aromatic heterocycles. The average molecular weight is 496 g/mol. The Morgan fingerprint density at radius 2 is 1.61 bits per heavy atom. The van der Waals surface area contributed by atoms with E-state index in [-0.39, 0.29) is 13.0 Å². The summed E-state index contributed by atoms with van der Waals surface area (Å²) in [5, 5.41) is 5.44. The van der Waals surface area contributed by atoms with Crippen LogP contribution < -0.4 is 27.8 Å². The Balaban J connectivity index is 2.05. The summed E-state index contributed by atoms with van der Waals surface area (Å²) in [6.07, 6.45) is 5.47. The van der Waals surface area contributed by atoms with E-state index < -0.39 is 35.9 Å². The third-order valence-electron chi connectivity index (χ3n) is 5.45. The SMILES string of the molecule is C[C@@H](N)C(=O)N[C@@H](Cc1ccccc1)C(=O)N[C@@H](CCCCN)C(=O)OCC=Cc1ccc(N)cc1. The van der Waals surface area contributed by atoms with E-state index in [0.717, 1.165) is 11.1 Å². The van der Waals surface area contributed by atoms with Gasteiger partial charge in [0.1, 0.15) is 18.7 Å². The first-order valence-electron chi connectivity index (χ1n) is 12.1. The van der Waals surface area contributed by atoms with Gasteiger partial charge >= 0.3 is 5.97 Å². The Bertz CT molecular complexity index is 993. The fourth-order valence-corrected chi connectivity index (χ4v) is 3.40. The van der Waals surface area contributed by atoms with Gasteiger partial charge < -0.3 is 32.6 Å². The summed E-state index contributed by atoms with van der Waals surface area (Å²) >= 11 is 0. The molecule has 0 spiro atoms. The molecule has 2 aromatic rings. The first-order chi connectivity index (χ1) is 17.3. The number of unbranched alkanes of at least 4 members (excludes halogenated alkanes) is 1. The van der Waals surface area contributed by atoms with Crippen molar-refractivity contribution >= 4 is 29.5 Å². The van der Waals surface area contributed by atoms with Crippen LogP contribution in [-0.2, 0) is 25.5 Å². The molecular weight excluding hydrogens is 458 g/mol. The van der Waals surface area contributed by atoms with Gasteiger partial charge in [-0.05, 0) is 62.1 Å². The molecule has 8 N–H and O–H groups in total. The van der Waals surface area contributed by atoms with Crippen LogP contribution in [-0.4, -0.2) is 49.1 Å². The van der Waals surface area contributed by atoms with Gasteiger partial charge in [0.05, 0.1) is 6.04 Å². The van der Waals surface area contributed by atoms with Gasteiger partial charge in [0.15, 0.2) is 0 Å². The minimum Gasteiger partial charge on any atom is -0.460 e. The summed E-state index contributed by atoms with van der Waals surface area (Å²) in [4.78, 5) is 38.2. The lowest BCUT2D eigenvalue weighted by atomic mass is 10.0. The number of rotatable bonds is 14. The summed E-state index contributed by atoms with van der Waals surface area (Å²) in [5.74, 6) is -1.50. The fraction of sp³-hybridized carbons (Fsp3) is 0.370. The van der Waals surface area contributed by atoms with Gasteiger partial charge in [0, 0.05) is 12.1 Å². The molecule has 0 saturated carbocycles. The van der Waals surface area contributed by atoms with Gasteiger partial charge in [0.2, 0.25) is 11.8 Å². The molecule has 36 heavy (non-hydrogen) atoms. The normalized spacial score (nSPS) is 13.5. The average Bonchev–Trinajstić information content (AvgIpc) is 2.87. The number of carbonyl (C=O) groups excluding carboxylic acids is 3. The highest BCUT2D eigenvalue weighted by molar-refractivity contribution is 5.92. The number of carbonyl (C=O) groups is 3. The van der Waals surface area contributed by atoms with Crippen molar-refractivity contribution in [2.45, 2.75) is 50.7 Å². The minimum absolute atomic E-state index is 0.0430. The zero-order chi connectivity index (χ0) is 26.3. The maximum atomic E-state index is 13.2. The summed E-state index contributed by atoms with van der Waals surface area (Å²) < 4.78 is 5.39. The molecular formula is C27H37N5O4. The third kappa shape index (κ3) is 10.3. The quantitative estimate of drug-likeness (QED) is 0.151. The maximum absolute atomic E-state index is 13.2. The number of benzene rings is 2. The lowest BCUT2D eigenvalue weighted by Gasteiger charge is -2.23. The first-order valence-corrected chi connectivity index (χ1v) is 12.1. The minimum atomic E-state index is -0.902. The predicted molar refractivity (Wildman–Crippen MR) is 141 cm³/mol. The van der Waals surface area contributed by atoms with Crippen molar-refractivity contribution in [3.63, 3.8) is 0 Å². The van der Waals surface area contributed by atoms with Gasteiger partial charge in [-0.3, -0.25) is 9.59 Å². The van der Waals surface area contributed by atoms with Crippen LogP contribution in [0.1, 0.15) is 37.3 Å². The highest BCUT2D eigenvalue weighted by atomic mass is 16.5. The highest BCUT2D eigenvalue weighted by Gasteiger charge is 2.28. The number of esters is 1. The van der Waals surface area contributed by atoms with Crippen LogP contribution in [0.4, 0.5) is 5.69 Å². The second-order valence-corrected chi connectivity index (χ2v) is 8.58. The monoisotopic (exact) mass is 495 g/mol. The molecule has 0 fully saturated rings. The Morgan fingerprint density at radius 3 is 2.25 bits per heavy atom. The van der Waals surface area contributed by atoms with Crippen LogP contribution in [0.15, 0.2) is 60.7 Å². The molecule has 0 heterocycles. The lowest BCUT2D eigenvalue weighted by Crippen LogP contribution is -2.55.